The van der Waals surface area contributed by atoms with Gasteiger partial charge in [0.1, 0.15) is 18.2 Å². The van der Waals surface area contributed by atoms with Crippen molar-refractivity contribution in [2.45, 2.75) is 44.8 Å². The molecule has 2 saturated heterocycles. The second-order valence-corrected chi connectivity index (χ2v) is 11.6. The number of hydrogen-bond donors (Lipinski definition) is 2. The minimum absolute atomic E-state index is 0.307. The quantitative estimate of drug-likeness (QED) is 0.389. The highest BCUT2D eigenvalue weighted by atomic mass is 16.5. The highest BCUT2D eigenvalue weighted by molar-refractivity contribution is 5.99. The summed E-state index contributed by atoms with van der Waals surface area (Å²) in [6.07, 6.45) is 3.27. The van der Waals surface area contributed by atoms with Gasteiger partial charge in [-0.1, -0.05) is 6.92 Å². The Morgan fingerprint density at radius 3 is 2.31 bits per heavy atom. The maximum atomic E-state index is 12.7. The Labute approximate surface area is 248 Å². The molecule has 4 heterocycles. The molecular formula is C32H41N7O3. The van der Waals surface area contributed by atoms with Crippen molar-refractivity contribution in [1.82, 2.24) is 19.8 Å². The van der Waals surface area contributed by atoms with Crippen molar-refractivity contribution in [3.63, 3.8) is 0 Å². The Bertz CT molecular complexity index is 1360. The highest BCUT2D eigenvalue weighted by Gasteiger charge is 2.40. The van der Waals surface area contributed by atoms with Crippen molar-refractivity contribution < 1.29 is 14.3 Å². The first-order chi connectivity index (χ1) is 20.5. The summed E-state index contributed by atoms with van der Waals surface area (Å²) in [4.78, 5) is 29.9. The fourth-order valence-corrected chi connectivity index (χ4v) is 6.03. The fraction of sp³-hybridized carbons (Fsp3) is 0.469. The summed E-state index contributed by atoms with van der Waals surface area (Å²) < 4.78 is 11.6. The van der Waals surface area contributed by atoms with Gasteiger partial charge in [-0.2, -0.15) is 0 Å². The van der Waals surface area contributed by atoms with E-state index in [-0.39, 0.29) is 6.03 Å². The van der Waals surface area contributed by atoms with Gasteiger partial charge < -0.3 is 29.9 Å². The normalized spacial score (nSPS) is 20.0. The zero-order valence-corrected chi connectivity index (χ0v) is 24.8. The topological polar surface area (TPSA) is 95.1 Å². The molecule has 3 aliphatic heterocycles. The summed E-state index contributed by atoms with van der Waals surface area (Å²) in [7, 11) is 4.02. The first-order valence-corrected chi connectivity index (χ1v) is 15.0. The standard InChI is InChI=1S/C32H41N7O3/c1-4-38-16-15-28-29(19-38)35-30(36-31(28)39-25-11-12-26(39)21-41-20-25)22-5-7-23(8-6-22)33-32(40)34-24-9-13-27(14-10-24)42-18-17-37(2)3/h5-10,13-14,25-26H,4,11-12,15-21H2,1-3H3,(H2,33,34,40). The highest BCUT2D eigenvalue weighted by Crippen LogP contribution is 2.38. The van der Waals surface area contributed by atoms with E-state index in [0.717, 1.165) is 87.3 Å². The molecule has 1 aromatic heterocycles. The van der Waals surface area contributed by atoms with E-state index in [4.69, 9.17) is 19.4 Å². The molecule has 0 spiro atoms. The lowest BCUT2D eigenvalue weighted by atomic mass is 10.0. The number of morpholine rings is 1. The number of likely N-dealkylation sites (N-methyl/N-ethyl adjacent to an activating group) is 2. The average molecular weight is 572 g/mol. The van der Waals surface area contributed by atoms with Gasteiger partial charge >= 0.3 is 6.03 Å². The Morgan fingerprint density at radius 2 is 1.67 bits per heavy atom. The lowest BCUT2D eigenvalue weighted by molar-refractivity contribution is 0.0900. The number of benzene rings is 2. The molecule has 0 radical (unpaired) electrons. The van der Waals surface area contributed by atoms with E-state index in [2.05, 4.69) is 32.3 Å². The molecule has 2 aromatic carbocycles. The molecule has 10 heteroatoms. The van der Waals surface area contributed by atoms with Crippen LogP contribution in [0.1, 0.15) is 31.0 Å². The number of anilines is 3. The Balaban J connectivity index is 1.15. The fourth-order valence-electron chi connectivity index (χ4n) is 6.03. The van der Waals surface area contributed by atoms with Crippen molar-refractivity contribution in [1.29, 1.82) is 0 Å². The van der Waals surface area contributed by atoms with Gasteiger partial charge in [-0.3, -0.25) is 4.90 Å². The molecule has 0 saturated carbocycles. The molecule has 2 unspecified atom stereocenters. The number of amides is 2. The lowest BCUT2D eigenvalue weighted by Crippen LogP contribution is -2.47. The van der Waals surface area contributed by atoms with E-state index in [0.29, 0.717) is 30.1 Å². The van der Waals surface area contributed by atoms with Crippen LogP contribution in [-0.4, -0.2) is 91.4 Å². The van der Waals surface area contributed by atoms with Crippen LogP contribution in [0.25, 0.3) is 11.4 Å². The Hall–Kier alpha value is -3.73. The number of rotatable bonds is 9. The van der Waals surface area contributed by atoms with Crippen LogP contribution in [0.5, 0.6) is 5.75 Å². The van der Waals surface area contributed by atoms with Crippen LogP contribution in [0.15, 0.2) is 48.5 Å². The summed E-state index contributed by atoms with van der Waals surface area (Å²) in [5.41, 5.74) is 4.75. The minimum atomic E-state index is -0.307. The maximum absolute atomic E-state index is 12.7. The number of ether oxygens (including phenoxy) is 2. The van der Waals surface area contributed by atoms with Crippen LogP contribution < -0.4 is 20.3 Å². The van der Waals surface area contributed by atoms with Crippen LogP contribution in [0.4, 0.5) is 22.0 Å². The molecule has 0 aliphatic carbocycles. The number of carbonyl (C=O) groups excluding carboxylic acids is 1. The van der Waals surface area contributed by atoms with Gasteiger partial charge in [-0.15, -0.1) is 0 Å². The van der Waals surface area contributed by atoms with E-state index in [1.54, 1.807) is 0 Å². The number of hydrogen-bond acceptors (Lipinski definition) is 8. The second-order valence-electron chi connectivity index (χ2n) is 11.6. The first kappa shape index (κ1) is 28.4. The molecule has 10 nitrogen and oxygen atoms in total. The first-order valence-electron chi connectivity index (χ1n) is 15.0. The zero-order valence-electron chi connectivity index (χ0n) is 24.8. The minimum Gasteiger partial charge on any atom is -0.492 e. The molecule has 3 aromatic rings. The second kappa shape index (κ2) is 12.6. The van der Waals surface area contributed by atoms with Gasteiger partial charge in [0, 0.05) is 42.1 Å². The van der Waals surface area contributed by atoms with Gasteiger partial charge in [0.25, 0.3) is 0 Å². The molecule has 42 heavy (non-hydrogen) atoms. The zero-order chi connectivity index (χ0) is 29.1. The molecular weight excluding hydrogens is 530 g/mol. The summed E-state index contributed by atoms with van der Waals surface area (Å²) in [5.74, 6) is 2.60. The average Bonchev–Trinajstić information content (AvgIpc) is 3.24. The smallest absolute Gasteiger partial charge is 0.323 e. The van der Waals surface area contributed by atoms with Crippen molar-refractivity contribution in [3.8, 4) is 17.1 Å². The number of fused-ring (bicyclic) bond motifs is 3. The number of nitrogens with one attached hydrogen (secondary N) is 2. The van der Waals surface area contributed by atoms with E-state index < -0.39 is 0 Å². The van der Waals surface area contributed by atoms with Crippen LogP contribution >= 0.6 is 0 Å². The van der Waals surface area contributed by atoms with Crippen molar-refractivity contribution in [2.24, 2.45) is 0 Å². The molecule has 2 bridgehead atoms. The molecule has 2 fully saturated rings. The predicted octanol–water partition coefficient (Wildman–Crippen LogP) is 4.47. The number of carbonyl (C=O) groups is 1. The number of urea groups is 1. The van der Waals surface area contributed by atoms with Gasteiger partial charge in [-0.25, -0.2) is 14.8 Å². The van der Waals surface area contributed by atoms with E-state index >= 15 is 0 Å². The molecule has 2 atom stereocenters. The monoisotopic (exact) mass is 571 g/mol. The molecule has 222 valence electrons. The molecule has 3 aliphatic rings. The van der Waals surface area contributed by atoms with Crippen molar-refractivity contribution >= 4 is 23.2 Å². The summed E-state index contributed by atoms with van der Waals surface area (Å²) >= 11 is 0. The Kier molecular flexibility index (Phi) is 8.55. The molecule has 6 rings (SSSR count). The summed E-state index contributed by atoms with van der Waals surface area (Å²) in [6.45, 7) is 8.08. The van der Waals surface area contributed by atoms with Gasteiger partial charge in [-0.05, 0) is 88.4 Å². The summed E-state index contributed by atoms with van der Waals surface area (Å²) in [6, 6.07) is 15.6. The maximum Gasteiger partial charge on any atom is 0.323 e. The summed E-state index contributed by atoms with van der Waals surface area (Å²) in [5, 5.41) is 5.80. The number of nitrogens with zero attached hydrogens (tertiary/aromatic N) is 5. The van der Waals surface area contributed by atoms with Gasteiger partial charge in [0.05, 0.1) is 31.0 Å². The number of aromatic nitrogens is 2. The SMILES string of the molecule is CCN1CCc2c(nc(-c3ccc(NC(=O)Nc4ccc(OCCN(C)C)cc4)cc3)nc2N2C3CCC2COC3)C1. The predicted molar refractivity (Wildman–Crippen MR) is 165 cm³/mol. The molecule has 2 amide bonds. The van der Waals surface area contributed by atoms with Gasteiger partial charge in [0.2, 0.25) is 0 Å². The van der Waals surface area contributed by atoms with E-state index in [9.17, 15) is 4.79 Å². The molecule has 2 N–H and O–H groups in total. The van der Waals surface area contributed by atoms with Crippen molar-refractivity contribution in [2.75, 3.05) is 69.1 Å². The van der Waals surface area contributed by atoms with Crippen LogP contribution in [0.3, 0.4) is 0 Å². The van der Waals surface area contributed by atoms with Crippen LogP contribution in [0, 0.1) is 0 Å². The third-order valence-corrected chi connectivity index (χ3v) is 8.37. The van der Waals surface area contributed by atoms with Crippen molar-refractivity contribution in [3.05, 3.63) is 59.8 Å². The van der Waals surface area contributed by atoms with E-state index in [1.165, 1.54) is 5.56 Å². The largest absolute Gasteiger partial charge is 0.492 e. The van der Waals surface area contributed by atoms with Crippen LogP contribution in [0.2, 0.25) is 0 Å². The Morgan fingerprint density at radius 1 is 1.00 bits per heavy atom. The van der Waals surface area contributed by atoms with Crippen LogP contribution in [-0.2, 0) is 17.7 Å². The third-order valence-electron chi connectivity index (χ3n) is 8.37. The van der Waals surface area contributed by atoms with Gasteiger partial charge in [0.15, 0.2) is 5.82 Å². The third kappa shape index (κ3) is 6.35. The van der Waals surface area contributed by atoms with E-state index in [1.807, 2.05) is 62.6 Å². The lowest BCUT2D eigenvalue weighted by Gasteiger charge is -2.38.